The molecule has 2 aliphatic rings. The van der Waals surface area contributed by atoms with E-state index in [0.717, 1.165) is 51.3 Å². The summed E-state index contributed by atoms with van der Waals surface area (Å²) in [6.45, 7) is 6.00. The lowest BCUT2D eigenvalue weighted by molar-refractivity contribution is 0.0941. The SMILES string of the molecule is CN1CCN(CCNC(=O)c2ccc(OC3CCCC3)cc2)CC1. The van der Waals surface area contributed by atoms with Crippen LogP contribution in [-0.2, 0) is 0 Å². The maximum Gasteiger partial charge on any atom is 0.251 e. The topological polar surface area (TPSA) is 44.8 Å². The largest absolute Gasteiger partial charge is 0.490 e. The van der Waals surface area contributed by atoms with E-state index in [1.165, 1.54) is 12.8 Å². The normalized spacial score (nSPS) is 20.2. The highest BCUT2D eigenvalue weighted by atomic mass is 16.5. The van der Waals surface area contributed by atoms with E-state index >= 15 is 0 Å². The van der Waals surface area contributed by atoms with Gasteiger partial charge in [-0.2, -0.15) is 0 Å². The number of piperazine rings is 1. The molecular weight excluding hydrogens is 302 g/mol. The van der Waals surface area contributed by atoms with Gasteiger partial charge in [0.1, 0.15) is 5.75 Å². The van der Waals surface area contributed by atoms with Crippen LogP contribution in [0.15, 0.2) is 24.3 Å². The minimum Gasteiger partial charge on any atom is -0.490 e. The Hall–Kier alpha value is -1.59. The average Bonchev–Trinajstić information content (AvgIpc) is 3.10. The molecule has 1 aliphatic carbocycles. The zero-order valence-electron chi connectivity index (χ0n) is 14.7. The second kappa shape index (κ2) is 8.49. The summed E-state index contributed by atoms with van der Waals surface area (Å²) < 4.78 is 5.94. The van der Waals surface area contributed by atoms with Crippen LogP contribution in [0.2, 0.25) is 0 Å². The Kier molecular flexibility index (Phi) is 6.10. The van der Waals surface area contributed by atoms with Crippen molar-refractivity contribution >= 4 is 5.91 Å². The number of hydrogen-bond donors (Lipinski definition) is 1. The molecule has 1 aliphatic heterocycles. The maximum atomic E-state index is 12.2. The number of rotatable bonds is 6. The third-order valence-electron chi connectivity index (χ3n) is 5.03. The average molecular weight is 331 g/mol. The fraction of sp³-hybridized carbons (Fsp3) is 0.632. The van der Waals surface area contributed by atoms with Gasteiger partial charge in [-0.25, -0.2) is 0 Å². The van der Waals surface area contributed by atoms with Crippen molar-refractivity contribution in [3.05, 3.63) is 29.8 Å². The Balaban J connectivity index is 1.39. The van der Waals surface area contributed by atoms with E-state index in [9.17, 15) is 4.79 Å². The van der Waals surface area contributed by atoms with Crippen LogP contribution in [0.4, 0.5) is 0 Å². The van der Waals surface area contributed by atoms with E-state index in [2.05, 4.69) is 22.2 Å². The molecule has 0 radical (unpaired) electrons. The lowest BCUT2D eigenvalue weighted by Gasteiger charge is -2.32. The van der Waals surface area contributed by atoms with E-state index in [4.69, 9.17) is 4.74 Å². The summed E-state index contributed by atoms with van der Waals surface area (Å²) >= 11 is 0. The smallest absolute Gasteiger partial charge is 0.251 e. The molecule has 0 spiro atoms. The van der Waals surface area contributed by atoms with Crippen LogP contribution >= 0.6 is 0 Å². The highest BCUT2D eigenvalue weighted by Gasteiger charge is 2.17. The zero-order chi connectivity index (χ0) is 16.8. The van der Waals surface area contributed by atoms with Gasteiger partial charge in [-0.1, -0.05) is 0 Å². The molecule has 1 N–H and O–H groups in total. The first-order valence-corrected chi connectivity index (χ1v) is 9.16. The van der Waals surface area contributed by atoms with E-state index in [1.807, 2.05) is 24.3 Å². The van der Waals surface area contributed by atoms with Crippen molar-refractivity contribution in [2.75, 3.05) is 46.3 Å². The summed E-state index contributed by atoms with van der Waals surface area (Å²) in [6, 6.07) is 7.53. The van der Waals surface area contributed by atoms with Gasteiger partial charge in [0.05, 0.1) is 6.10 Å². The minimum absolute atomic E-state index is 0.00320. The van der Waals surface area contributed by atoms with Gasteiger partial charge in [0, 0.05) is 44.8 Å². The molecule has 132 valence electrons. The van der Waals surface area contributed by atoms with Crippen molar-refractivity contribution in [1.29, 1.82) is 0 Å². The highest BCUT2D eigenvalue weighted by Crippen LogP contribution is 2.24. The number of benzene rings is 1. The molecular formula is C19H29N3O2. The number of carbonyl (C=O) groups excluding carboxylic acids is 1. The molecule has 0 aromatic heterocycles. The van der Waals surface area contributed by atoms with Gasteiger partial charge in [0.2, 0.25) is 0 Å². The van der Waals surface area contributed by atoms with Crippen molar-refractivity contribution in [2.24, 2.45) is 0 Å². The second-order valence-electron chi connectivity index (χ2n) is 6.95. The molecule has 24 heavy (non-hydrogen) atoms. The standard InChI is InChI=1S/C19H29N3O2/c1-21-12-14-22(15-13-21)11-10-20-19(23)16-6-8-18(9-7-16)24-17-4-2-3-5-17/h6-9,17H,2-5,10-15H2,1H3,(H,20,23). The Morgan fingerprint density at radius 1 is 1.12 bits per heavy atom. The molecule has 1 saturated carbocycles. The van der Waals surface area contributed by atoms with Gasteiger partial charge in [-0.15, -0.1) is 0 Å². The van der Waals surface area contributed by atoms with Crippen molar-refractivity contribution < 1.29 is 9.53 Å². The maximum absolute atomic E-state index is 12.2. The van der Waals surface area contributed by atoms with Crippen LogP contribution in [0.1, 0.15) is 36.0 Å². The fourth-order valence-corrected chi connectivity index (χ4v) is 3.38. The highest BCUT2D eigenvalue weighted by molar-refractivity contribution is 5.94. The summed E-state index contributed by atoms with van der Waals surface area (Å²) in [5, 5.41) is 3.02. The van der Waals surface area contributed by atoms with Crippen LogP contribution in [0.3, 0.4) is 0 Å². The monoisotopic (exact) mass is 331 g/mol. The molecule has 2 fully saturated rings. The fourth-order valence-electron chi connectivity index (χ4n) is 3.38. The van der Waals surface area contributed by atoms with Crippen LogP contribution in [0.25, 0.3) is 0 Å². The van der Waals surface area contributed by atoms with Crippen molar-refractivity contribution in [3.8, 4) is 5.75 Å². The Morgan fingerprint density at radius 2 is 1.79 bits per heavy atom. The lowest BCUT2D eigenvalue weighted by Crippen LogP contribution is -2.46. The van der Waals surface area contributed by atoms with Gasteiger partial charge in [0.15, 0.2) is 0 Å². The first kappa shape index (κ1) is 17.2. The molecule has 1 aromatic carbocycles. The number of carbonyl (C=O) groups is 1. The summed E-state index contributed by atoms with van der Waals surface area (Å²) in [4.78, 5) is 17.0. The Morgan fingerprint density at radius 3 is 2.46 bits per heavy atom. The van der Waals surface area contributed by atoms with Crippen molar-refractivity contribution in [3.63, 3.8) is 0 Å². The van der Waals surface area contributed by atoms with Gasteiger partial charge in [-0.3, -0.25) is 9.69 Å². The number of nitrogens with one attached hydrogen (secondary N) is 1. The number of hydrogen-bond acceptors (Lipinski definition) is 4. The van der Waals surface area contributed by atoms with Crippen LogP contribution in [0.5, 0.6) is 5.75 Å². The number of amides is 1. The molecule has 5 nitrogen and oxygen atoms in total. The van der Waals surface area contributed by atoms with Gasteiger partial charge in [0.25, 0.3) is 5.91 Å². The predicted octanol–water partition coefficient (Wildman–Crippen LogP) is 1.99. The zero-order valence-corrected chi connectivity index (χ0v) is 14.7. The van der Waals surface area contributed by atoms with E-state index in [-0.39, 0.29) is 5.91 Å². The molecule has 5 heteroatoms. The van der Waals surface area contributed by atoms with Gasteiger partial charge >= 0.3 is 0 Å². The first-order chi connectivity index (χ1) is 11.7. The predicted molar refractivity (Wildman–Crippen MR) is 95.6 cm³/mol. The first-order valence-electron chi connectivity index (χ1n) is 9.16. The van der Waals surface area contributed by atoms with Crippen LogP contribution < -0.4 is 10.1 Å². The van der Waals surface area contributed by atoms with E-state index in [1.54, 1.807) is 0 Å². The van der Waals surface area contributed by atoms with Crippen molar-refractivity contribution in [1.82, 2.24) is 15.1 Å². The molecule has 0 unspecified atom stereocenters. The third kappa shape index (κ3) is 4.95. The van der Waals surface area contributed by atoms with Crippen molar-refractivity contribution in [2.45, 2.75) is 31.8 Å². The quantitative estimate of drug-likeness (QED) is 0.866. The lowest BCUT2D eigenvalue weighted by atomic mass is 10.2. The van der Waals surface area contributed by atoms with Crippen LogP contribution in [-0.4, -0.2) is 68.1 Å². The number of ether oxygens (including phenoxy) is 1. The molecule has 1 aromatic rings. The van der Waals surface area contributed by atoms with Gasteiger partial charge < -0.3 is 15.0 Å². The van der Waals surface area contributed by atoms with Crippen LogP contribution in [0, 0.1) is 0 Å². The molecule has 1 saturated heterocycles. The molecule has 0 bridgehead atoms. The van der Waals surface area contributed by atoms with E-state index in [0.29, 0.717) is 18.2 Å². The summed E-state index contributed by atoms with van der Waals surface area (Å²) in [5.74, 6) is 0.868. The van der Waals surface area contributed by atoms with E-state index < -0.39 is 0 Å². The molecule has 0 atom stereocenters. The Labute approximate surface area is 145 Å². The minimum atomic E-state index is -0.00320. The Bertz CT molecular complexity index is 518. The summed E-state index contributed by atoms with van der Waals surface area (Å²) in [7, 11) is 2.15. The summed E-state index contributed by atoms with van der Waals surface area (Å²) in [6.07, 6.45) is 5.17. The number of nitrogens with zero attached hydrogens (tertiary/aromatic N) is 2. The molecule has 3 rings (SSSR count). The third-order valence-corrected chi connectivity index (χ3v) is 5.03. The van der Waals surface area contributed by atoms with Gasteiger partial charge in [-0.05, 0) is 57.0 Å². The molecule has 1 heterocycles. The summed E-state index contributed by atoms with van der Waals surface area (Å²) in [5.41, 5.74) is 0.701. The second-order valence-corrected chi connectivity index (χ2v) is 6.95. The molecule has 1 amide bonds. The number of likely N-dealkylation sites (N-methyl/N-ethyl adjacent to an activating group) is 1.